The van der Waals surface area contributed by atoms with Gasteiger partial charge in [0.1, 0.15) is 0 Å². The first-order valence-electron chi connectivity index (χ1n) is 6.24. The molecule has 2 aromatic rings. The highest BCUT2D eigenvalue weighted by Crippen LogP contribution is 2.28. The van der Waals surface area contributed by atoms with Crippen LogP contribution in [0.4, 0.5) is 5.69 Å². The Balaban J connectivity index is 2.10. The molecule has 5 heteroatoms. The minimum atomic E-state index is -0.193. The number of benzene rings is 2. The van der Waals surface area contributed by atoms with Crippen molar-refractivity contribution in [3.8, 4) is 0 Å². The number of hydrogen-bond donors (Lipinski definition) is 3. The number of nitrogens with two attached hydrogens (primary N) is 2. The second-order valence-corrected chi connectivity index (χ2v) is 5.36. The van der Waals surface area contributed by atoms with Crippen molar-refractivity contribution in [1.29, 1.82) is 0 Å². The smallest absolute Gasteiger partial charge is 0.238 e. The summed E-state index contributed by atoms with van der Waals surface area (Å²) in [5.41, 5.74) is 11.0. The Labute approximate surface area is 122 Å². The van der Waals surface area contributed by atoms with Gasteiger partial charge in [-0.05, 0) is 23.3 Å². The van der Waals surface area contributed by atoms with Gasteiger partial charge in [-0.25, -0.2) is 5.84 Å². The van der Waals surface area contributed by atoms with E-state index < -0.39 is 0 Å². The lowest BCUT2D eigenvalue weighted by molar-refractivity contribution is -0.120. The summed E-state index contributed by atoms with van der Waals surface area (Å²) in [6, 6.07) is 15.6. The summed E-state index contributed by atoms with van der Waals surface area (Å²) in [6.07, 6.45) is 0.289. The van der Waals surface area contributed by atoms with Crippen LogP contribution in [0.1, 0.15) is 11.1 Å². The van der Waals surface area contributed by atoms with Crippen molar-refractivity contribution in [1.82, 2.24) is 5.43 Å². The average molecular weight is 287 g/mol. The molecular formula is C15H17N3OS. The monoisotopic (exact) mass is 287 g/mol. The molecule has 2 rings (SSSR count). The van der Waals surface area contributed by atoms with Gasteiger partial charge in [-0.1, -0.05) is 36.4 Å². The number of carbonyl (C=O) groups excluding carboxylic acids is 1. The highest BCUT2D eigenvalue weighted by atomic mass is 32.2. The number of para-hydroxylation sites is 1. The summed E-state index contributed by atoms with van der Waals surface area (Å²) in [7, 11) is 0. The molecule has 0 bridgehead atoms. The van der Waals surface area contributed by atoms with E-state index in [1.165, 1.54) is 0 Å². The van der Waals surface area contributed by atoms with E-state index >= 15 is 0 Å². The molecule has 2 aromatic carbocycles. The maximum atomic E-state index is 11.4. The molecule has 4 nitrogen and oxygen atoms in total. The van der Waals surface area contributed by atoms with Crippen LogP contribution in [0.5, 0.6) is 0 Å². The first kappa shape index (κ1) is 14.4. The Morgan fingerprint density at radius 3 is 2.40 bits per heavy atom. The van der Waals surface area contributed by atoms with Crippen LogP contribution < -0.4 is 17.0 Å². The van der Waals surface area contributed by atoms with Gasteiger partial charge in [-0.15, -0.1) is 11.8 Å². The van der Waals surface area contributed by atoms with E-state index in [1.54, 1.807) is 11.8 Å². The summed E-state index contributed by atoms with van der Waals surface area (Å²) in [6.45, 7) is 0. The van der Waals surface area contributed by atoms with Crippen molar-refractivity contribution >= 4 is 23.4 Å². The van der Waals surface area contributed by atoms with Crippen molar-refractivity contribution < 1.29 is 4.79 Å². The number of carbonyl (C=O) groups is 1. The summed E-state index contributed by atoms with van der Waals surface area (Å²) >= 11 is 1.66. The van der Waals surface area contributed by atoms with E-state index in [1.807, 2.05) is 48.5 Å². The van der Waals surface area contributed by atoms with E-state index in [2.05, 4.69) is 5.43 Å². The topological polar surface area (TPSA) is 81.1 Å². The average Bonchev–Trinajstić information content (AvgIpc) is 2.47. The Morgan fingerprint density at radius 2 is 1.70 bits per heavy atom. The lowest BCUT2D eigenvalue weighted by Gasteiger charge is -2.09. The number of thioether (sulfide) groups is 1. The summed E-state index contributed by atoms with van der Waals surface area (Å²) in [5, 5.41) is 0. The Kier molecular flexibility index (Phi) is 5.03. The zero-order chi connectivity index (χ0) is 14.4. The lowest BCUT2D eigenvalue weighted by atomic mass is 10.1. The molecular weight excluding hydrogens is 270 g/mol. The van der Waals surface area contributed by atoms with Gasteiger partial charge < -0.3 is 5.73 Å². The number of amides is 1. The molecule has 0 saturated carbocycles. The molecule has 0 unspecified atom stereocenters. The third-order valence-corrected chi connectivity index (χ3v) is 4.07. The van der Waals surface area contributed by atoms with Crippen molar-refractivity contribution in [3.63, 3.8) is 0 Å². The highest BCUT2D eigenvalue weighted by molar-refractivity contribution is 7.98. The van der Waals surface area contributed by atoms with E-state index in [0.717, 1.165) is 27.5 Å². The zero-order valence-corrected chi connectivity index (χ0v) is 11.8. The molecule has 0 atom stereocenters. The van der Waals surface area contributed by atoms with Crippen LogP contribution in [0.25, 0.3) is 0 Å². The summed E-state index contributed by atoms with van der Waals surface area (Å²) < 4.78 is 0. The van der Waals surface area contributed by atoms with E-state index in [0.29, 0.717) is 0 Å². The number of nitrogens with one attached hydrogen (secondary N) is 1. The molecule has 0 aliphatic carbocycles. The van der Waals surface area contributed by atoms with Gasteiger partial charge in [0.2, 0.25) is 5.91 Å². The summed E-state index contributed by atoms with van der Waals surface area (Å²) in [4.78, 5) is 12.4. The number of nitrogen functional groups attached to an aromatic ring is 1. The Hall–Kier alpha value is -1.98. The van der Waals surface area contributed by atoms with E-state index in [4.69, 9.17) is 11.6 Å². The van der Waals surface area contributed by atoms with E-state index in [-0.39, 0.29) is 12.3 Å². The molecule has 1 amide bonds. The fourth-order valence-corrected chi connectivity index (χ4v) is 2.86. The third-order valence-electron chi connectivity index (χ3n) is 2.93. The molecule has 0 spiro atoms. The fourth-order valence-electron chi connectivity index (χ4n) is 1.86. The van der Waals surface area contributed by atoms with Crippen molar-refractivity contribution in [3.05, 3.63) is 59.7 Å². The maximum Gasteiger partial charge on any atom is 0.238 e. The van der Waals surface area contributed by atoms with Crippen LogP contribution in [-0.2, 0) is 17.0 Å². The van der Waals surface area contributed by atoms with Crippen LogP contribution in [0.2, 0.25) is 0 Å². The number of hydrazine groups is 1. The molecule has 0 fully saturated rings. The number of hydrogen-bond acceptors (Lipinski definition) is 4. The molecule has 5 N–H and O–H groups in total. The fraction of sp³-hybridized carbons (Fsp3) is 0.133. The van der Waals surface area contributed by atoms with Crippen LogP contribution in [0.15, 0.2) is 53.4 Å². The maximum absolute atomic E-state index is 11.4. The second kappa shape index (κ2) is 6.98. The van der Waals surface area contributed by atoms with Crippen LogP contribution in [-0.4, -0.2) is 5.91 Å². The molecule has 104 valence electrons. The van der Waals surface area contributed by atoms with Crippen LogP contribution in [0.3, 0.4) is 0 Å². The van der Waals surface area contributed by atoms with Crippen LogP contribution in [0, 0.1) is 0 Å². The van der Waals surface area contributed by atoms with Gasteiger partial charge in [0.15, 0.2) is 0 Å². The molecule has 0 aliphatic rings. The molecule has 0 heterocycles. The first-order valence-corrected chi connectivity index (χ1v) is 7.23. The minimum Gasteiger partial charge on any atom is -0.398 e. The molecule has 0 saturated heterocycles. The molecule has 20 heavy (non-hydrogen) atoms. The van der Waals surface area contributed by atoms with Gasteiger partial charge in [0, 0.05) is 16.3 Å². The number of rotatable bonds is 5. The van der Waals surface area contributed by atoms with E-state index in [9.17, 15) is 4.79 Å². The molecule has 0 aliphatic heterocycles. The van der Waals surface area contributed by atoms with Crippen molar-refractivity contribution in [2.45, 2.75) is 17.1 Å². The van der Waals surface area contributed by atoms with Crippen LogP contribution >= 0.6 is 11.8 Å². The standard InChI is InChI=1S/C15H17N3OS/c16-13-7-3-4-8-14(13)20-10-12-6-2-1-5-11(12)9-15(19)18-17/h1-8H,9-10,16-17H2,(H,18,19). The Morgan fingerprint density at radius 1 is 1.05 bits per heavy atom. The third kappa shape index (κ3) is 3.76. The van der Waals surface area contributed by atoms with Gasteiger partial charge in [0.05, 0.1) is 6.42 Å². The lowest BCUT2D eigenvalue weighted by Crippen LogP contribution is -2.31. The van der Waals surface area contributed by atoms with Gasteiger partial charge in [0.25, 0.3) is 0 Å². The Bertz CT molecular complexity index is 601. The van der Waals surface area contributed by atoms with Gasteiger partial charge >= 0.3 is 0 Å². The normalized spacial score (nSPS) is 10.2. The zero-order valence-electron chi connectivity index (χ0n) is 11.0. The highest BCUT2D eigenvalue weighted by Gasteiger charge is 2.07. The largest absolute Gasteiger partial charge is 0.398 e. The minimum absolute atomic E-state index is 0.193. The first-order chi connectivity index (χ1) is 9.70. The van der Waals surface area contributed by atoms with Gasteiger partial charge in [-0.3, -0.25) is 10.2 Å². The number of anilines is 1. The van der Waals surface area contributed by atoms with Crippen molar-refractivity contribution in [2.24, 2.45) is 5.84 Å². The predicted molar refractivity (Wildman–Crippen MR) is 82.9 cm³/mol. The second-order valence-electron chi connectivity index (χ2n) is 4.34. The SMILES string of the molecule is NNC(=O)Cc1ccccc1CSc1ccccc1N. The quantitative estimate of drug-likeness (QED) is 0.259. The molecule has 0 radical (unpaired) electrons. The predicted octanol–water partition coefficient (Wildman–Crippen LogP) is 2.09. The summed E-state index contributed by atoms with van der Waals surface area (Å²) in [5.74, 6) is 5.71. The molecule has 0 aromatic heterocycles. The van der Waals surface area contributed by atoms with Gasteiger partial charge in [-0.2, -0.15) is 0 Å². The van der Waals surface area contributed by atoms with Crippen molar-refractivity contribution in [2.75, 3.05) is 5.73 Å².